The molecule has 4 heterocycles. The summed E-state index contributed by atoms with van der Waals surface area (Å²) < 4.78 is 11.4. The van der Waals surface area contributed by atoms with Gasteiger partial charge in [0.2, 0.25) is 0 Å². The van der Waals surface area contributed by atoms with Crippen molar-refractivity contribution in [1.29, 1.82) is 0 Å². The van der Waals surface area contributed by atoms with Gasteiger partial charge in [0.15, 0.2) is 5.69 Å². The zero-order chi connectivity index (χ0) is 22.1. The van der Waals surface area contributed by atoms with Crippen LogP contribution in [0.25, 0.3) is 11.0 Å². The van der Waals surface area contributed by atoms with E-state index in [0.29, 0.717) is 5.22 Å². The van der Waals surface area contributed by atoms with Crippen LogP contribution in [0.5, 0.6) is 0 Å². The highest BCUT2D eigenvalue weighted by molar-refractivity contribution is 8.10. The summed E-state index contributed by atoms with van der Waals surface area (Å²) in [5.74, 6) is -1.69. The molecule has 1 aliphatic heterocycles. The van der Waals surface area contributed by atoms with Crippen molar-refractivity contribution in [2.24, 2.45) is 0 Å². The molecule has 0 spiro atoms. The number of nitrogens with zero attached hydrogens (tertiary/aromatic N) is 1. The highest BCUT2D eigenvalue weighted by atomic mass is 32.2. The fraction of sp³-hybridized carbons (Fsp3) is 0.190. The summed E-state index contributed by atoms with van der Waals surface area (Å²) in [6.45, 7) is 1.79. The third-order valence-corrected chi connectivity index (χ3v) is 7.81. The maximum absolute atomic E-state index is 13.6. The van der Waals surface area contributed by atoms with E-state index in [1.807, 2.05) is 35.0 Å². The molecule has 0 fully saturated rings. The molecule has 0 unspecified atom stereocenters. The van der Waals surface area contributed by atoms with Gasteiger partial charge in [-0.25, -0.2) is 9.59 Å². The molecule has 0 radical (unpaired) electrons. The van der Waals surface area contributed by atoms with Crippen LogP contribution in [-0.2, 0) is 14.3 Å². The van der Waals surface area contributed by atoms with E-state index >= 15 is 0 Å². The lowest BCUT2D eigenvalue weighted by Crippen LogP contribution is -2.42. The lowest BCUT2D eigenvalue weighted by molar-refractivity contribution is -0.133. The highest BCUT2D eigenvalue weighted by Crippen LogP contribution is 2.41. The average molecular weight is 475 g/mol. The van der Waals surface area contributed by atoms with Gasteiger partial charge in [-0.05, 0) is 35.9 Å². The number of fused-ring (bicyclic) bond motifs is 1. The normalized spacial score (nSPS) is 16.3. The number of carbonyl (C=O) groups excluding carboxylic acids is 3. The van der Waals surface area contributed by atoms with E-state index < -0.39 is 17.2 Å². The van der Waals surface area contributed by atoms with E-state index in [1.54, 1.807) is 13.0 Å². The number of hydrogen-bond acceptors (Lipinski definition) is 9. The third kappa shape index (κ3) is 3.71. The Balaban J connectivity index is 2.11. The first-order valence-electron chi connectivity index (χ1n) is 9.27. The van der Waals surface area contributed by atoms with E-state index in [2.05, 4.69) is 0 Å². The van der Waals surface area contributed by atoms with Crippen LogP contribution in [-0.4, -0.2) is 36.1 Å². The fourth-order valence-electron chi connectivity index (χ4n) is 3.31. The number of thiophene rings is 2. The summed E-state index contributed by atoms with van der Waals surface area (Å²) in [7, 11) is 1.28. The van der Waals surface area contributed by atoms with E-state index in [1.165, 1.54) is 34.4 Å². The standard InChI is InChI=1S/C21H18N2O5S3/c1-3-28-20(25)16-14(22)12(10-11-6-4-8-29-11)15-18(21(26)27-2)31-17(19(24)23(15)16)13-7-5-9-30-13/h4-10,17H,3,22H2,1-2H3/b12-10+/t17-/m0/s1. The molecule has 0 amide bonds. The van der Waals surface area contributed by atoms with Crippen molar-refractivity contribution in [1.82, 2.24) is 4.57 Å². The molecule has 3 aromatic rings. The van der Waals surface area contributed by atoms with E-state index in [9.17, 15) is 14.4 Å². The first-order chi connectivity index (χ1) is 15.0. The van der Waals surface area contributed by atoms with Crippen LogP contribution < -0.4 is 16.3 Å². The van der Waals surface area contributed by atoms with Crippen molar-refractivity contribution in [3.05, 3.63) is 61.0 Å². The number of nitrogens with two attached hydrogens (primary N) is 1. The molecule has 0 aliphatic carbocycles. The van der Waals surface area contributed by atoms with Gasteiger partial charge in [-0.1, -0.05) is 23.9 Å². The molecule has 10 heteroatoms. The van der Waals surface area contributed by atoms with Crippen LogP contribution in [0.2, 0.25) is 0 Å². The highest BCUT2D eigenvalue weighted by Gasteiger charge is 2.38. The largest absolute Gasteiger partial charge is 0.465 e. The third-order valence-electron chi connectivity index (χ3n) is 4.61. The summed E-state index contributed by atoms with van der Waals surface area (Å²) in [5.41, 5.74) is 6.40. The summed E-state index contributed by atoms with van der Waals surface area (Å²) in [5, 5.41) is 3.70. The predicted octanol–water partition coefficient (Wildman–Crippen LogP) is 2.61. The van der Waals surface area contributed by atoms with Crippen LogP contribution in [0.1, 0.15) is 37.2 Å². The van der Waals surface area contributed by atoms with Crippen LogP contribution in [0.3, 0.4) is 0 Å². The number of methoxy groups -OCH3 is 1. The Labute approximate surface area is 189 Å². The van der Waals surface area contributed by atoms with E-state index in [4.69, 9.17) is 15.2 Å². The Morgan fingerprint density at radius 1 is 1.19 bits per heavy atom. The van der Waals surface area contributed by atoms with E-state index in [-0.39, 0.29) is 34.1 Å². The fourth-order valence-corrected chi connectivity index (χ4v) is 6.11. The molecule has 2 N–H and O–H groups in total. The maximum atomic E-state index is 13.6. The molecular weight excluding hydrogens is 456 g/mol. The Hall–Kier alpha value is -2.82. The molecule has 3 aromatic heterocycles. The van der Waals surface area contributed by atoms with Crippen LogP contribution in [0.4, 0.5) is 5.69 Å². The molecule has 1 aliphatic rings. The van der Waals surface area contributed by atoms with Gasteiger partial charge < -0.3 is 15.2 Å². The second-order valence-corrected chi connectivity index (χ2v) is 9.49. The number of thioether (sulfide) groups is 1. The van der Waals surface area contributed by atoms with Gasteiger partial charge in [0.1, 0.15) is 10.2 Å². The number of hydrogen-bond donors (Lipinski definition) is 1. The van der Waals surface area contributed by atoms with E-state index in [0.717, 1.165) is 21.5 Å². The number of anilines is 1. The van der Waals surface area contributed by atoms with Gasteiger partial charge in [0.25, 0.3) is 5.91 Å². The lowest BCUT2D eigenvalue weighted by atomic mass is 10.2. The van der Waals surface area contributed by atoms with Gasteiger partial charge in [-0.2, -0.15) is 0 Å². The second kappa shape index (κ2) is 8.74. The zero-order valence-corrected chi connectivity index (χ0v) is 19.1. The molecule has 1 atom stereocenters. The van der Waals surface area contributed by atoms with Crippen LogP contribution >= 0.6 is 34.4 Å². The number of ether oxygens (including phenoxy) is 2. The van der Waals surface area contributed by atoms with Crippen molar-refractivity contribution in [2.45, 2.75) is 12.2 Å². The number of aromatic nitrogens is 1. The predicted molar refractivity (Wildman–Crippen MR) is 123 cm³/mol. The minimum atomic E-state index is -0.721. The zero-order valence-electron chi connectivity index (χ0n) is 16.6. The lowest BCUT2D eigenvalue weighted by Gasteiger charge is -2.22. The monoisotopic (exact) mass is 474 g/mol. The van der Waals surface area contributed by atoms with Gasteiger partial charge >= 0.3 is 11.9 Å². The summed E-state index contributed by atoms with van der Waals surface area (Å²) in [6, 6.07) is 7.39. The molecule has 160 valence electrons. The first kappa shape index (κ1) is 21.4. The SMILES string of the molecule is CCOC(=O)c1c(N)/c(=C\c2cccs2)c2n1C(=O)[C@H](c1cccs1)SC=2C(=O)OC. The summed E-state index contributed by atoms with van der Waals surface area (Å²) >= 11 is 3.97. The quantitative estimate of drug-likeness (QED) is 0.567. The topological polar surface area (TPSA) is 101 Å². The summed E-state index contributed by atoms with van der Waals surface area (Å²) in [6.07, 6.45) is 1.76. The molecular formula is C21H18N2O5S3. The average Bonchev–Trinajstić information content (AvgIpc) is 3.51. The van der Waals surface area contributed by atoms with Crippen molar-refractivity contribution >= 4 is 68.9 Å². The maximum Gasteiger partial charge on any atom is 0.357 e. The molecule has 0 saturated carbocycles. The Kier molecular flexibility index (Phi) is 6.03. The molecule has 4 rings (SSSR count). The molecule has 7 nitrogen and oxygen atoms in total. The van der Waals surface area contributed by atoms with Crippen molar-refractivity contribution < 1.29 is 23.9 Å². The Bertz CT molecular complexity index is 1270. The smallest absolute Gasteiger partial charge is 0.357 e. The second-order valence-electron chi connectivity index (χ2n) is 6.41. The first-order valence-corrected chi connectivity index (χ1v) is 11.9. The van der Waals surface area contributed by atoms with Crippen LogP contribution in [0, 0.1) is 0 Å². The minimum absolute atomic E-state index is 0.0760. The van der Waals surface area contributed by atoms with Gasteiger partial charge in [0, 0.05) is 15.0 Å². The van der Waals surface area contributed by atoms with Gasteiger partial charge in [0.05, 0.1) is 24.8 Å². The number of nitrogen functional groups attached to an aromatic ring is 1. The van der Waals surface area contributed by atoms with Crippen molar-refractivity contribution in [3.63, 3.8) is 0 Å². The Morgan fingerprint density at radius 2 is 1.94 bits per heavy atom. The Morgan fingerprint density at radius 3 is 2.55 bits per heavy atom. The van der Waals surface area contributed by atoms with Crippen molar-refractivity contribution in [2.75, 3.05) is 19.5 Å². The van der Waals surface area contributed by atoms with Crippen LogP contribution in [0.15, 0.2) is 35.0 Å². The number of carbonyl (C=O) groups is 3. The minimum Gasteiger partial charge on any atom is -0.465 e. The van der Waals surface area contributed by atoms with Gasteiger partial charge in [-0.3, -0.25) is 9.36 Å². The summed E-state index contributed by atoms with van der Waals surface area (Å²) in [4.78, 5) is 41.0. The number of rotatable bonds is 5. The number of esters is 2. The molecule has 0 saturated heterocycles. The molecule has 0 bridgehead atoms. The van der Waals surface area contributed by atoms with Crippen molar-refractivity contribution in [3.8, 4) is 0 Å². The molecule has 31 heavy (non-hydrogen) atoms. The molecule has 0 aromatic carbocycles. The van der Waals surface area contributed by atoms with Gasteiger partial charge in [-0.15, -0.1) is 22.7 Å².